The van der Waals surface area contributed by atoms with Gasteiger partial charge >= 0.3 is 0 Å². The minimum absolute atomic E-state index is 0.119. The third-order valence-electron chi connectivity index (χ3n) is 9.16. The van der Waals surface area contributed by atoms with Gasteiger partial charge in [0.25, 0.3) is 0 Å². The lowest BCUT2D eigenvalue weighted by Gasteiger charge is -2.47. The molecule has 2 aromatic carbocycles. The second-order valence-electron chi connectivity index (χ2n) is 12.0. The minimum Gasteiger partial charge on any atom is -0.497 e. The van der Waals surface area contributed by atoms with Crippen molar-refractivity contribution in [1.29, 1.82) is 0 Å². The van der Waals surface area contributed by atoms with Crippen LogP contribution >= 0.6 is 0 Å². The van der Waals surface area contributed by atoms with Gasteiger partial charge in [0.1, 0.15) is 11.5 Å². The molecule has 0 amide bonds. The van der Waals surface area contributed by atoms with E-state index in [0.29, 0.717) is 25.7 Å². The van der Waals surface area contributed by atoms with Gasteiger partial charge in [-0.15, -0.1) is 0 Å². The summed E-state index contributed by atoms with van der Waals surface area (Å²) in [6.07, 6.45) is 8.34. The van der Waals surface area contributed by atoms with E-state index in [9.17, 15) is 5.11 Å². The van der Waals surface area contributed by atoms with Crippen LogP contribution in [-0.2, 0) is 22.7 Å². The minimum atomic E-state index is -0.716. The standard InChI is InChI=1S/C36H48O5/c1-25-8-7-9-26(2)20-33(37)35-32(24-40-22-28-10-14-30(38-5)15-11-28)36(4,19-18-25)27(3)21-34(35)41-23-29-12-16-31(39-6)17-13-29/h8,10-17,20,27,33-34,37H,7,9,18-19,21-24H2,1-6H3/b25-8+,26-20+/t27-,33-,34-,36+/m1/s1. The fraction of sp³-hybridized carbons (Fsp3) is 0.500. The van der Waals surface area contributed by atoms with E-state index >= 15 is 0 Å². The number of ether oxygens (including phenoxy) is 4. The van der Waals surface area contributed by atoms with Gasteiger partial charge in [-0.3, -0.25) is 0 Å². The molecule has 41 heavy (non-hydrogen) atoms. The number of fused-ring (bicyclic) bond motifs is 1. The number of allylic oxidation sites excluding steroid dienone is 3. The Labute approximate surface area is 246 Å². The zero-order valence-electron chi connectivity index (χ0n) is 25.7. The predicted octanol–water partition coefficient (Wildman–Crippen LogP) is 7.98. The van der Waals surface area contributed by atoms with Gasteiger partial charge in [0.15, 0.2) is 0 Å². The SMILES string of the molecule is COc1ccc(COCC2=C3[C@H](O)/C=C(\C)CC/C=C(\C)CC[C@@]2(C)[C@H](C)C[C@H]3OCc2ccc(OC)cc2)cc1. The Balaban J connectivity index is 1.68. The van der Waals surface area contributed by atoms with Crippen LogP contribution in [0.15, 0.2) is 83.0 Å². The summed E-state index contributed by atoms with van der Waals surface area (Å²) in [5.74, 6) is 2.02. The number of aliphatic hydroxyl groups excluding tert-OH is 1. The highest BCUT2D eigenvalue weighted by atomic mass is 16.5. The van der Waals surface area contributed by atoms with Crippen molar-refractivity contribution in [3.05, 3.63) is 94.1 Å². The van der Waals surface area contributed by atoms with Gasteiger partial charge in [-0.2, -0.15) is 0 Å². The van der Waals surface area contributed by atoms with Crippen molar-refractivity contribution in [2.45, 2.75) is 85.2 Å². The van der Waals surface area contributed by atoms with Crippen LogP contribution in [-0.4, -0.2) is 38.1 Å². The second-order valence-corrected chi connectivity index (χ2v) is 12.0. The maximum absolute atomic E-state index is 11.8. The lowest BCUT2D eigenvalue weighted by molar-refractivity contribution is -0.0000176. The van der Waals surface area contributed by atoms with Crippen molar-refractivity contribution in [3.63, 3.8) is 0 Å². The van der Waals surface area contributed by atoms with Crippen molar-refractivity contribution in [2.75, 3.05) is 20.8 Å². The maximum atomic E-state index is 11.8. The number of benzene rings is 2. The molecule has 0 unspecified atom stereocenters. The Morgan fingerprint density at radius 3 is 2.05 bits per heavy atom. The maximum Gasteiger partial charge on any atom is 0.118 e. The van der Waals surface area contributed by atoms with Crippen molar-refractivity contribution in [3.8, 4) is 11.5 Å². The third kappa shape index (κ3) is 7.91. The molecule has 4 rings (SSSR count). The van der Waals surface area contributed by atoms with Crippen LogP contribution in [0.2, 0.25) is 0 Å². The van der Waals surface area contributed by atoms with Crippen LogP contribution in [0.1, 0.15) is 70.9 Å². The summed E-state index contributed by atoms with van der Waals surface area (Å²) in [5.41, 5.74) is 6.86. The molecule has 5 heteroatoms. The van der Waals surface area contributed by atoms with E-state index in [4.69, 9.17) is 18.9 Å². The van der Waals surface area contributed by atoms with Crippen LogP contribution in [0, 0.1) is 11.3 Å². The van der Waals surface area contributed by atoms with Crippen molar-refractivity contribution >= 4 is 0 Å². The van der Waals surface area contributed by atoms with Crippen molar-refractivity contribution in [2.24, 2.45) is 11.3 Å². The van der Waals surface area contributed by atoms with E-state index in [1.165, 1.54) is 16.7 Å². The van der Waals surface area contributed by atoms with Gasteiger partial charge in [-0.1, -0.05) is 61.4 Å². The van der Waals surface area contributed by atoms with Crippen LogP contribution in [0.5, 0.6) is 11.5 Å². The van der Waals surface area contributed by atoms with Crippen molar-refractivity contribution < 1.29 is 24.1 Å². The predicted molar refractivity (Wildman–Crippen MR) is 165 cm³/mol. The molecule has 0 heterocycles. The second kappa shape index (κ2) is 14.4. The summed E-state index contributed by atoms with van der Waals surface area (Å²) in [5, 5.41) is 11.8. The van der Waals surface area contributed by atoms with E-state index in [2.05, 4.69) is 33.8 Å². The molecule has 0 aromatic heterocycles. The lowest BCUT2D eigenvalue weighted by Crippen LogP contribution is -2.43. The Hall–Kier alpha value is -2.86. The molecule has 5 nitrogen and oxygen atoms in total. The molecule has 0 saturated carbocycles. The number of hydrogen-bond acceptors (Lipinski definition) is 5. The van der Waals surface area contributed by atoms with E-state index < -0.39 is 6.10 Å². The summed E-state index contributed by atoms with van der Waals surface area (Å²) in [6.45, 7) is 10.5. The van der Waals surface area contributed by atoms with Gasteiger partial charge in [-0.05, 0) is 104 Å². The lowest BCUT2D eigenvalue weighted by atomic mass is 9.61. The first kappa shape index (κ1) is 31.1. The molecular weight excluding hydrogens is 512 g/mol. The Kier molecular flexibility index (Phi) is 10.9. The van der Waals surface area contributed by atoms with E-state index in [1.54, 1.807) is 14.2 Å². The molecular formula is C36H48O5. The molecule has 2 aliphatic carbocycles. The number of aliphatic hydroxyl groups is 1. The molecule has 0 fully saturated rings. The highest BCUT2D eigenvalue weighted by molar-refractivity contribution is 5.37. The molecule has 1 N–H and O–H groups in total. The first-order valence-corrected chi connectivity index (χ1v) is 14.9. The van der Waals surface area contributed by atoms with Crippen LogP contribution in [0.4, 0.5) is 0 Å². The number of rotatable bonds is 9. The molecule has 0 saturated heterocycles. The Morgan fingerprint density at radius 2 is 1.44 bits per heavy atom. The van der Waals surface area contributed by atoms with E-state index in [0.717, 1.165) is 60.3 Å². The normalized spacial score (nSPS) is 28.0. The molecule has 222 valence electrons. The Bertz CT molecular complexity index is 1220. The van der Waals surface area contributed by atoms with E-state index in [1.807, 2.05) is 54.6 Å². The highest BCUT2D eigenvalue weighted by Crippen LogP contribution is 2.50. The van der Waals surface area contributed by atoms with Crippen LogP contribution in [0.25, 0.3) is 0 Å². The number of methoxy groups -OCH3 is 2. The monoisotopic (exact) mass is 560 g/mol. The summed E-state index contributed by atoms with van der Waals surface area (Å²) < 4.78 is 23.7. The molecule has 0 radical (unpaired) electrons. The molecule has 2 aromatic rings. The molecule has 2 bridgehead atoms. The fourth-order valence-electron chi connectivity index (χ4n) is 6.16. The summed E-state index contributed by atoms with van der Waals surface area (Å²) in [6, 6.07) is 16.0. The smallest absolute Gasteiger partial charge is 0.118 e. The van der Waals surface area contributed by atoms with Gasteiger partial charge in [0.2, 0.25) is 0 Å². The third-order valence-corrected chi connectivity index (χ3v) is 9.16. The quantitative estimate of drug-likeness (QED) is 0.315. The van der Waals surface area contributed by atoms with Gasteiger partial charge in [-0.25, -0.2) is 0 Å². The summed E-state index contributed by atoms with van der Waals surface area (Å²) >= 11 is 0. The first-order valence-electron chi connectivity index (χ1n) is 14.9. The summed E-state index contributed by atoms with van der Waals surface area (Å²) in [7, 11) is 3.35. The van der Waals surface area contributed by atoms with Crippen molar-refractivity contribution in [1.82, 2.24) is 0 Å². The molecule has 0 spiro atoms. The molecule has 4 atom stereocenters. The zero-order valence-corrected chi connectivity index (χ0v) is 25.7. The zero-order chi connectivity index (χ0) is 29.4. The van der Waals surface area contributed by atoms with E-state index in [-0.39, 0.29) is 11.5 Å². The molecule has 2 aliphatic rings. The van der Waals surface area contributed by atoms with Gasteiger partial charge in [0, 0.05) is 0 Å². The average Bonchev–Trinajstić information content (AvgIpc) is 2.97. The Morgan fingerprint density at radius 1 is 0.829 bits per heavy atom. The number of hydrogen-bond donors (Lipinski definition) is 1. The largest absolute Gasteiger partial charge is 0.497 e. The fourth-order valence-corrected chi connectivity index (χ4v) is 6.16. The topological polar surface area (TPSA) is 57.2 Å². The van der Waals surface area contributed by atoms with Gasteiger partial charge in [0.05, 0.1) is 46.2 Å². The van der Waals surface area contributed by atoms with Crippen LogP contribution < -0.4 is 9.47 Å². The van der Waals surface area contributed by atoms with Crippen LogP contribution in [0.3, 0.4) is 0 Å². The van der Waals surface area contributed by atoms with Gasteiger partial charge < -0.3 is 24.1 Å². The molecule has 0 aliphatic heterocycles. The first-order chi connectivity index (χ1) is 19.7. The average molecular weight is 561 g/mol. The highest BCUT2D eigenvalue weighted by Gasteiger charge is 2.45. The summed E-state index contributed by atoms with van der Waals surface area (Å²) in [4.78, 5) is 0.